The first kappa shape index (κ1) is 79.3. The molecule has 11 N–H and O–H groups in total. The number of rotatable bonds is 18. The number of pyridine rings is 2. The van der Waals surface area contributed by atoms with Crippen molar-refractivity contribution in [2.45, 2.75) is 53.1 Å². The van der Waals surface area contributed by atoms with Crippen molar-refractivity contribution in [2.24, 2.45) is 11.7 Å². The number of H-pyrrole nitrogens is 1. The molecule has 1 aliphatic heterocycles. The first-order valence-corrected chi connectivity index (χ1v) is 38.7. The van der Waals surface area contributed by atoms with E-state index in [0.717, 1.165) is 84.8 Å². The summed E-state index contributed by atoms with van der Waals surface area (Å²) in [5, 5.41) is 44.6. The van der Waals surface area contributed by atoms with E-state index < -0.39 is 0 Å². The zero-order valence-electron chi connectivity index (χ0n) is 60.9. The van der Waals surface area contributed by atoms with Crippen LogP contribution in [0, 0.1) is 25.6 Å². The number of aromatic amines is 1. The molecule has 15 rings (SSSR count). The number of halogens is 1. The number of carbonyl (C=O) groups is 5. The van der Waals surface area contributed by atoms with E-state index in [4.69, 9.17) is 5.73 Å². The number of aromatic nitrogens is 4. The molecular weight excluding hydrogens is 1470 g/mol. The van der Waals surface area contributed by atoms with E-state index in [9.17, 15) is 43.7 Å². The Hall–Kier alpha value is -12.7. The highest BCUT2D eigenvalue weighted by atomic mass is 32.1. The molecule has 0 aliphatic carbocycles. The Morgan fingerprint density at radius 3 is 1.46 bits per heavy atom. The molecule has 5 amide bonds. The van der Waals surface area contributed by atoms with Crippen LogP contribution in [0.3, 0.4) is 0 Å². The van der Waals surface area contributed by atoms with Crippen LogP contribution in [0.15, 0.2) is 273 Å². The maximum atomic E-state index is 12.9. The second-order valence-electron chi connectivity index (χ2n) is 26.0. The molecule has 19 nitrogen and oxygen atoms in total. The molecule has 1 fully saturated rings. The number of nitrogens with zero attached hydrogens (tertiary/aromatic N) is 4. The molecule has 1 aliphatic rings. The number of hydrogen-bond donors (Lipinski definition) is 10. The number of nitrogens with two attached hydrogens (primary N) is 1. The second-order valence-corrected chi connectivity index (χ2v) is 30.2. The highest BCUT2D eigenvalue weighted by Crippen LogP contribution is 2.33. The lowest BCUT2D eigenvalue weighted by Gasteiger charge is -2.19. The second kappa shape index (κ2) is 38.9. The Kier molecular flexibility index (Phi) is 27.8. The van der Waals surface area contributed by atoms with Crippen molar-refractivity contribution in [1.29, 1.82) is 0 Å². The van der Waals surface area contributed by atoms with Crippen molar-refractivity contribution in [1.82, 2.24) is 25.3 Å². The van der Waals surface area contributed by atoms with Gasteiger partial charge in [0.15, 0.2) is 0 Å². The topological polar surface area (TPSA) is 290 Å². The molecule has 0 radical (unpaired) electrons. The molecule has 8 heterocycles. The fraction of sp³-hybridized carbons (Fsp3) is 0.126. The van der Waals surface area contributed by atoms with Gasteiger partial charge in [-0.3, -0.25) is 33.9 Å². The van der Waals surface area contributed by atoms with Gasteiger partial charge in [0.1, 0.15) is 39.5 Å². The predicted octanol–water partition coefficient (Wildman–Crippen LogP) is 19.4. The summed E-state index contributed by atoms with van der Waals surface area (Å²) >= 11 is 5.77. The summed E-state index contributed by atoms with van der Waals surface area (Å²) in [5.74, 6) is 0.0854. The summed E-state index contributed by atoms with van der Waals surface area (Å²) in [5.41, 5.74) is 19.1. The van der Waals surface area contributed by atoms with Gasteiger partial charge in [0.05, 0.1) is 14.6 Å². The molecule has 0 spiro atoms. The van der Waals surface area contributed by atoms with Crippen LogP contribution in [0.5, 0.6) is 17.2 Å². The monoisotopic (exact) mass is 1550 g/mol. The van der Waals surface area contributed by atoms with E-state index in [0.29, 0.717) is 49.9 Å². The maximum Gasteiger partial charge on any atom is 0.272 e. The average molecular weight is 1550 g/mol. The van der Waals surface area contributed by atoms with Gasteiger partial charge in [-0.05, 0) is 223 Å². The van der Waals surface area contributed by atoms with E-state index in [-0.39, 0.29) is 58.6 Å². The van der Waals surface area contributed by atoms with Gasteiger partial charge in [-0.2, -0.15) is 0 Å². The number of phenolic OH excluding ortho intramolecular Hbond substituents is 3. The van der Waals surface area contributed by atoms with Crippen LogP contribution in [0.4, 0.5) is 32.8 Å². The molecule has 1 unspecified atom stereocenters. The minimum atomic E-state index is -0.286. The first-order chi connectivity index (χ1) is 53.7. The molecule has 111 heavy (non-hydrogen) atoms. The minimum absolute atomic E-state index is 0.0890. The Labute approximate surface area is 658 Å². The smallest absolute Gasteiger partial charge is 0.272 e. The zero-order chi connectivity index (χ0) is 78.2. The van der Waals surface area contributed by atoms with Crippen molar-refractivity contribution in [3.8, 4) is 59.7 Å². The van der Waals surface area contributed by atoms with Crippen molar-refractivity contribution in [2.75, 3.05) is 39.3 Å². The summed E-state index contributed by atoms with van der Waals surface area (Å²) in [7, 11) is 0. The zero-order valence-corrected chi connectivity index (χ0v) is 64.2. The van der Waals surface area contributed by atoms with Gasteiger partial charge in [-0.15, -0.1) is 45.3 Å². The Morgan fingerprint density at radius 1 is 0.514 bits per heavy atom. The highest BCUT2D eigenvalue weighted by molar-refractivity contribution is 7.18. The molecule has 24 heteroatoms. The van der Waals surface area contributed by atoms with E-state index >= 15 is 0 Å². The van der Waals surface area contributed by atoms with Gasteiger partial charge < -0.3 is 57.5 Å². The molecule has 7 aromatic heterocycles. The highest BCUT2D eigenvalue weighted by Gasteiger charge is 2.26. The molecule has 14 aromatic rings. The van der Waals surface area contributed by atoms with Crippen LogP contribution < -0.4 is 37.2 Å². The average Bonchev–Trinajstić information content (AvgIpc) is 1.73. The third-order valence-electron chi connectivity index (χ3n) is 16.9. The lowest BCUT2D eigenvalue weighted by Crippen LogP contribution is -2.37. The molecule has 0 bridgehead atoms. The third-order valence-corrected chi connectivity index (χ3v) is 21.2. The van der Waals surface area contributed by atoms with Crippen LogP contribution in [0.25, 0.3) is 42.4 Å². The Balaban J connectivity index is 0.000000137. The number of aryl methyl sites for hydroxylation is 2. The van der Waals surface area contributed by atoms with E-state index in [1.807, 2.05) is 36.4 Å². The van der Waals surface area contributed by atoms with Crippen LogP contribution in [0.2, 0.25) is 0 Å². The number of thiazole rings is 1. The van der Waals surface area contributed by atoms with Gasteiger partial charge in [0, 0.05) is 105 Å². The largest absolute Gasteiger partial charge is 0.508 e. The molecule has 0 saturated carbocycles. The summed E-state index contributed by atoms with van der Waals surface area (Å²) in [4.78, 5) is 83.4. The summed E-state index contributed by atoms with van der Waals surface area (Å²) in [6.45, 7) is 10.8. The van der Waals surface area contributed by atoms with Gasteiger partial charge in [0.25, 0.3) is 29.5 Å². The molecule has 1 saturated heterocycles. The summed E-state index contributed by atoms with van der Waals surface area (Å²) in [6.07, 6.45) is 10.4. The quantitative estimate of drug-likeness (QED) is 0.0358. The van der Waals surface area contributed by atoms with E-state index in [1.54, 1.807) is 133 Å². The molecular formula is C87H80FN11O8S4. The number of benzene rings is 7. The number of aromatic hydroxyl groups is 3. The number of carbonyl (C=O) groups excluding carboxylic acids is 5. The lowest BCUT2D eigenvalue weighted by atomic mass is 10.0. The fourth-order valence-corrected chi connectivity index (χ4v) is 14.7. The molecule has 7 aromatic carbocycles. The standard InChI is InChI=1S/C20H20N2OS.C17H12FNO2S.C17H14N2O3.C17H14N2OS.C16H20N4OS/c1-14(2)13-15-3-5-16(6-4-15)18-7-8-19(24-18)20(23)22-17-9-11-21-12-10-17;18-12-3-1-11(2-4-12)15-9-10-16(22-15)17(21)19-13-5-7-14(20)8-6-13;20-14-5-1-11(2-6-14)12-9-16(18-10-12)17(22)19-13-3-7-15(21)8-4-13;1-12-3-2-4-13(11-12)15-5-6-16(21-15)17(20)19-14-7-9-18-10-8-14;1-11-3-2-4-13(7-11)20-6-5-12(9-20)18-16(21)14-10-22-15(8-17)19-14/h3-12,14H,13H2,1-2H3,(H,21,22,23);1-10,20H,(H,19,21);1-10,18,20-21H,(H,19,22);2-11H,1H3,(H,18,19,20);2-4,7,10,12H,5-6,8-9,17H2,1H3,(H,18,21). The van der Waals surface area contributed by atoms with Crippen LogP contribution in [-0.2, 0) is 13.0 Å². The van der Waals surface area contributed by atoms with Gasteiger partial charge in [-0.25, -0.2) is 9.37 Å². The Bertz CT molecular complexity index is 5240. The van der Waals surface area contributed by atoms with Gasteiger partial charge >= 0.3 is 0 Å². The normalized spacial score (nSPS) is 11.9. The third kappa shape index (κ3) is 23.6. The van der Waals surface area contributed by atoms with Gasteiger partial charge in [0.2, 0.25) is 0 Å². The fourth-order valence-electron chi connectivity index (χ4n) is 11.3. The predicted molar refractivity (Wildman–Crippen MR) is 446 cm³/mol. The summed E-state index contributed by atoms with van der Waals surface area (Å²) in [6, 6.07) is 71.1. The van der Waals surface area contributed by atoms with Crippen LogP contribution in [-0.4, -0.2) is 83.9 Å². The number of amides is 5. The number of anilines is 5. The molecule has 562 valence electrons. The number of thiophene rings is 3. The van der Waals surface area contributed by atoms with Crippen LogP contribution in [0.1, 0.15) is 92.0 Å². The van der Waals surface area contributed by atoms with Crippen molar-refractivity contribution >= 4 is 103 Å². The number of hydrogen-bond acceptors (Lipinski definition) is 17. The van der Waals surface area contributed by atoms with E-state index in [2.05, 4.69) is 146 Å². The van der Waals surface area contributed by atoms with Crippen molar-refractivity contribution in [3.63, 3.8) is 0 Å². The van der Waals surface area contributed by atoms with Gasteiger partial charge in [-0.1, -0.05) is 104 Å². The lowest BCUT2D eigenvalue weighted by molar-refractivity contribution is 0.0933. The SMILES string of the molecule is CC(C)Cc1ccc(-c2ccc(C(=O)Nc3ccncc3)s2)cc1.Cc1cccc(-c2ccc(C(=O)Nc3ccncc3)s2)c1.Cc1cccc(N2CCC(NC(=O)c3csc(CN)n3)C2)c1.O=C(Nc1ccc(O)cc1)c1cc(-c2ccc(O)cc2)c[nH]1.O=C(Nc1ccc(O)cc1)c1ccc(-c2ccc(F)cc2)s1. The Morgan fingerprint density at radius 2 is 0.973 bits per heavy atom. The number of nitrogens with one attached hydrogen (secondary N) is 6. The minimum Gasteiger partial charge on any atom is -0.508 e. The van der Waals surface area contributed by atoms with Crippen LogP contribution >= 0.6 is 45.3 Å². The van der Waals surface area contributed by atoms with Crippen molar-refractivity contribution in [3.05, 3.63) is 326 Å². The van der Waals surface area contributed by atoms with E-state index in [1.165, 1.54) is 104 Å². The van der Waals surface area contributed by atoms with Crippen molar-refractivity contribution < 1.29 is 43.7 Å². The maximum absolute atomic E-state index is 12.9. The molecule has 1 atom stereocenters. The number of phenols is 3. The first-order valence-electron chi connectivity index (χ1n) is 35.3. The summed E-state index contributed by atoms with van der Waals surface area (Å²) < 4.78 is 12.9.